The van der Waals surface area contributed by atoms with Crippen molar-refractivity contribution in [3.63, 3.8) is 0 Å². The maximum absolute atomic E-state index is 10.7. The van der Waals surface area contributed by atoms with E-state index in [2.05, 4.69) is 17.2 Å². The SMILES string of the molecule is Cc1nc(NC(C)C2CCOCC2)ccc1[N+](=O)[O-]. The molecular weight excluding hydrogens is 246 g/mol. The van der Waals surface area contributed by atoms with Gasteiger partial charge in [0.15, 0.2) is 0 Å². The number of hydrogen-bond donors (Lipinski definition) is 1. The third-order valence-electron chi connectivity index (χ3n) is 3.60. The molecule has 104 valence electrons. The van der Waals surface area contributed by atoms with Crippen LogP contribution in [0.1, 0.15) is 25.5 Å². The fourth-order valence-corrected chi connectivity index (χ4v) is 2.39. The summed E-state index contributed by atoms with van der Waals surface area (Å²) in [5, 5.41) is 14.1. The molecular formula is C13H19N3O3. The summed E-state index contributed by atoms with van der Waals surface area (Å²) >= 11 is 0. The summed E-state index contributed by atoms with van der Waals surface area (Å²) in [6, 6.07) is 3.46. The molecule has 1 aliphatic rings. The number of pyridine rings is 1. The molecule has 2 heterocycles. The summed E-state index contributed by atoms with van der Waals surface area (Å²) in [6.45, 7) is 5.39. The third-order valence-corrected chi connectivity index (χ3v) is 3.60. The lowest BCUT2D eigenvalue weighted by atomic mass is 9.93. The molecule has 1 aromatic rings. The van der Waals surface area contributed by atoms with Gasteiger partial charge in [0, 0.05) is 25.3 Å². The average molecular weight is 265 g/mol. The van der Waals surface area contributed by atoms with E-state index in [1.54, 1.807) is 13.0 Å². The first kappa shape index (κ1) is 13.7. The normalized spacial score (nSPS) is 18.0. The lowest BCUT2D eigenvalue weighted by Gasteiger charge is -2.28. The van der Waals surface area contributed by atoms with Crippen LogP contribution >= 0.6 is 0 Å². The smallest absolute Gasteiger partial charge is 0.290 e. The number of rotatable bonds is 4. The maximum atomic E-state index is 10.7. The zero-order valence-electron chi connectivity index (χ0n) is 11.3. The van der Waals surface area contributed by atoms with Crippen molar-refractivity contribution in [1.82, 2.24) is 4.98 Å². The quantitative estimate of drug-likeness (QED) is 0.668. The zero-order valence-corrected chi connectivity index (χ0v) is 11.3. The summed E-state index contributed by atoms with van der Waals surface area (Å²) in [7, 11) is 0. The molecule has 0 radical (unpaired) electrons. The summed E-state index contributed by atoms with van der Waals surface area (Å²) in [5.74, 6) is 1.26. The highest BCUT2D eigenvalue weighted by molar-refractivity contribution is 5.45. The van der Waals surface area contributed by atoms with E-state index in [-0.39, 0.29) is 11.7 Å². The number of anilines is 1. The van der Waals surface area contributed by atoms with Crippen LogP contribution in [0.3, 0.4) is 0 Å². The molecule has 0 saturated carbocycles. The number of nitrogens with zero attached hydrogens (tertiary/aromatic N) is 2. The molecule has 0 spiro atoms. The van der Waals surface area contributed by atoms with E-state index in [1.165, 1.54) is 6.07 Å². The van der Waals surface area contributed by atoms with Crippen molar-refractivity contribution < 1.29 is 9.66 Å². The molecule has 2 rings (SSSR count). The molecule has 0 aromatic carbocycles. The molecule has 1 atom stereocenters. The van der Waals surface area contributed by atoms with Crippen LogP contribution in [-0.4, -0.2) is 29.2 Å². The minimum atomic E-state index is -0.409. The first-order valence-corrected chi connectivity index (χ1v) is 6.54. The van der Waals surface area contributed by atoms with Crippen LogP contribution in [0.25, 0.3) is 0 Å². The highest BCUT2D eigenvalue weighted by atomic mass is 16.6. The molecule has 1 unspecified atom stereocenters. The summed E-state index contributed by atoms with van der Waals surface area (Å²) in [5.41, 5.74) is 0.499. The van der Waals surface area contributed by atoms with Gasteiger partial charge in [-0.15, -0.1) is 0 Å². The van der Waals surface area contributed by atoms with Crippen LogP contribution in [-0.2, 0) is 4.74 Å². The number of nitro groups is 1. The van der Waals surface area contributed by atoms with Crippen molar-refractivity contribution in [2.75, 3.05) is 18.5 Å². The number of aryl methyl sites for hydroxylation is 1. The Morgan fingerprint density at radius 1 is 1.47 bits per heavy atom. The van der Waals surface area contributed by atoms with Crippen LogP contribution in [0, 0.1) is 23.0 Å². The largest absolute Gasteiger partial charge is 0.381 e. The van der Waals surface area contributed by atoms with E-state index in [4.69, 9.17) is 4.74 Å². The molecule has 6 nitrogen and oxygen atoms in total. The highest BCUT2D eigenvalue weighted by Gasteiger charge is 2.21. The van der Waals surface area contributed by atoms with E-state index in [0.29, 0.717) is 17.4 Å². The molecule has 1 fully saturated rings. The van der Waals surface area contributed by atoms with Crippen LogP contribution in [0.5, 0.6) is 0 Å². The second-order valence-electron chi connectivity index (χ2n) is 4.94. The van der Waals surface area contributed by atoms with Crippen LogP contribution in [0.15, 0.2) is 12.1 Å². The van der Waals surface area contributed by atoms with Gasteiger partial charge >= 0.3 is 0 Å². The fourth-order valence-electron chi connectivity index (χ4n) is 2.39. The third kappa shape index (κ3) is 3.41. The number of aromatic nitrogens is 1. The zero-order chi connectivity index (χ0) is 13.8. The van der Waals surface area contributed by atoms with Gasteiger partial charge in [-0.2, -0.15) is 0 Å². The van der Waals surface area contributed by atoms with Crippen molar-refractivity contribution in [3.8, 4) is 0 Å². The lowest BCUT2D eigenvalue weighted by Crippen LogP contribution is -2.31. The van der Waals surface area contributed by atoms with Crippen molar-refractivity contribution in [1.29, 1.82) is 0 Å². The summed E-state index contributed by atoms with van der Waals surface area (Å²) in [4.78, 5) is 14.6. The Morgan fingerprint density at radius 3 is 2.74 bits per heavy atom. The van der Waals surface area contributed by atoms with Crippen LogP contribution in [0.2, 0.25) is 0 Å². The second kappa shape index (κ2) is 5.97. The Balaban J connectivity index is 2.02. The van der Waals surface area contributed by atoms with Gasteiger partial charge in [-0.05, 0) is 38.7 Å². The Labute approximate surface area is 112 Å². The molecule has 1 aromatic heterocycles. The van der Waals surface area contributed by atoms with E-state index >= 15 is 0 Å². The standard InChI is InChI=1S/C13H19N3O3/c1-9(11-5-7-19-8-6-11)14-13-4-3-12(16(17)18)10(2)15-13/h3-4,9,11H,5-8H2,1-2H3,(H,14,15). The highest BCUT2D eigenvalue weighted by Crippen LogP contribution is 2.23. The number of nitrogens with one attached hydrogen (secondary N) is 1. The Hall–Kier alpha value is -1.69. The van der Waals surface area contributed by atoms with Gasteiger partial charge in [0.1, 0.15) is 11.5 Å². The van der Waals surface area contributed by atoms with Gasteiger partial charge < -0.3 is 10.1 Å². The van der Waals surface area contributed by atoms with Gasteiger partial charge in [0.2, 0.25) is 0 Å². The number of hydrogen-bond acceptors (Lipinski definition) is 5. The molecule has 0 aliphatic carbocycles. The predicted molar refractivity (Wildman–Crippen MR) is 72.3 cm³/mol. The predicted octanol–water partition coefficient (Wildman–Crippen LogP) is 2.53. The average Bonchev–Trinajstić information content (AvgIpc) is 2.39. The molecule has 6 heteroatoms. The Kier molecular flexibility index (Phi) is 4.31. The van der Waals surface area contributed by atoms with E-state index < -0.39 is 4.92 Å². The first-order chi connectivity index (χ1) is 9.08. The van der Waals surface area contributed by atoms with Crippen molar-refractivity contribution in [2.45, 2.75) is 32.7 Å². The maximum Gasteiger partial charge on any atom is 0.290 e. The molecule has 0 bridgehead atoms. The van der Waals surface area contributed by atoms with E-state index in [1.807, 2.05) is 0 Å². The van der Waals surface area contributed by atoms with Gasteiger partial charge in [0.05, 0.1) is 4.92 Å². The minimum Gasteiger partial charge on any atom is -0.381 e. The number of ether oxygens (including phenoxy) is 1. The molecule has 1 aliphatic heterocycles. The Bertz CT molecular complexity index is 458. The van der Waals surface area contributed by atoms with Gasteiger partial charge in [-0.1, -0.05) is 0 Å². The van der Waals surface area contributed by atoms with E-state index in [0.717, 1.165) is 26.1 Å². The van der Waals surface area contributed by atoms with Crippen LogP contribution in [0.4, 0.5) is 11.5 Å². The lowest BCUT2D eigenvalue weighted by molar-refractivity contribution is -0.385. The molecule has 1 saturated heterocycles. The monoisotopic (exact) mass is 265 g/mol. The summed E-state index contributed by atoms with van der Waals surface area (Å²) in [6.07, 6.45) is 2.08. The van der Waals surface area contributed by atoms with Gasteiger partial charge in [-0.25, -0.2) is 4.98 Å². The molecule has 0 amide bonds. The first-order valence-electron chi connectivity index (χ1n) is 6.54. The van der Waals surface area contributed by atoms with Crippen molar-refractivity contribution in [2.24, 2.45) is 5.92 Å². The molecule has 19 heavy (non-hydrogen) atoms. The van der Waals surface area contributed by atoms with Crippen molar-refractivity contribution >= 4 is 11.5 Å². The molecule has 1 N–H and O–H groups in total. The van der Waals surface area contributed by atoms with E-state index in [9.17, 15) is 10.1 Å². The van der Waals surface area contributed by atoms with Gasteiger partial charge in [-0.3, -0.25) is 10.1 Å². The Morgan fingerprint density at radius 2 is 2.16 bits per heavy atom. The summed E-state index contributed by atoms with van der Waals surface area (Å²) < 4.78 is 5.34. The minimum absolute atomic E-state index is 0.0595. The fraction of sp³-hybridized carbons (Fsp3) is 0.615. The second-order valence-corrected chi connectivity index (χ2v) is 4.94. The topological polar surface area (TPSA) is 77.3 Å². The van der Waals surface area contributed by atoms with Crippen molar-refractivity contribution in [3.05, 3.63) is 27.9 Å². The van der Waals surface area contributed by atoms with Crippen LogP contribution < -0.4 is 5.32 Å². The van der Waals surface area contributed by atoms with Gasteiger partial charge in [0.25, 0.3) is 5.69 Å².